The first kappa shape index (κ1) is 20.8. The fourth-order valence-electron chi connectivity index (χ4n) is 2.17. The van der Waals surface area contributed by atoms with E-state index in [1.807, 2.05) is 20.8 Å². The van der Waals surface area contributed by atoms with Gasteiger partial charge in [-0.25, -0.2) is 0 Å². The zero-order valence-electron chi connectivity index (χ0n) is 13.3. The molecule has 0 saturated carbocycles. The largest absolute Gasteiger partial charge is 0.500 e. The summed E-state index contributed by atoms with van der Waals surface area (Å²) in [6.07, 6.45) is 5.93. The number of hydrogen-bond acceptors (Lipinski definition) is 5. The van der Waals surface area contributed by atoms with Gasteiger partial charge < -0.3 is 13.3 Å². The van der Waals surface area contributed by atoms with Gasteiger partial charge in [-0.2, -0.15) is 25.3 Å². The van der Waals surface area contributed by atoms with E-state index >= 15 is 0 Å². The monoisotopic (exact) mass is 340 g/mol. The lowest BCUT2D eigenvalue weighted by Crippen LogP contribution is -2.45. The molecule has 0 amide bonds. The van der Waals surface area contributed by atoms with E-state index in [-0.39, 0.29) is 0 Å². The van der Waals surface area contributed by atoms with E-state index in [1.165, 1.54) is 19.3 Å². The number of thiol groups is 2. The van der Waals surface area contributed by atoms with Crippen LogP contribution in [0.2, 0.25) is 6.04 Å². The van der Waals surface area contributed by atoms with E-state index in [9.17, 15) is 0 Å². The topological polar surface area (TPSA) is 27.7 Å². The lowest BCUT2D eigenvalue weighted by molar-refractivity contribution is 0.0706. The number of rotatable bonds is 14. The van der Waals surface area contributed by atoms with Crippen LogP contribution in [0.4, 0.5) is 0 Å². The second kappa shape index (κ2) is 13.5. The van der Waals surface area contributed by atoms with Crippen molar-refractivity contribution in [2.24, 2.45) is 0 Å². The quantitative estimate of drug-likeness (QED) is 0.282. The van der Waals surface area contributed by atoms with Gasteiger partial charge in [0.15, 0.2) is 0 Å². The van der Waals surface area contributed by atoms with Crippen LogP contribution in [-0.2, 0) is 13.3 Å². The van der Waals surface area contributed by atoms with Crippen molar-refractivity contribution in [3.63, 3.8) is 0 Å². The highest BCUT2D eigenvalue weighted by Gasteiger charge is 2.39. The highest BCUT2D eigenvalue weighted by molar-refractivity contribution is 7.84. The molecule has 0 aliphatic rings. The van der Waals surface area contributed by atoms with E-state index in [0.717, 1.165) is 24.6 Å². The molecule has 0 aromatic carbocycles. The zero-order chi connectivity index (χ0) is 15.3. The van der Waals surface area contributed by atoms with Gasteiger partial charge in [0.2, 0.25) is 0 Å². The van der Waals surface area contributed by atoms with Crippen LogP contribution in [0.25, 0.3) is 0 Å². The third-order valence-corrected chi connectivity index (χ3v) is 7.39. The standard InChI is InChI=1S/C14H32O3S2Si/c1-4-15-20(16-5-2,17-6-3)12-10-8-7-9-11-14(19)13-18/h14,18-19H,4-13H2,1-3H3. The van der Waals surface area contributed by atoms with Crippen molar-refractivity contribution in [3.05, 3.63) is 0 Å². The molecule has 0 spiro atoms. The maximum atomic E-state index is 5.84. The van der Waals surface area contributed by atoms with Crippen LogP contribution in [0.5, 0.6) is 0 Å². The Balaban J connectivity index is 3.94. The fourth-order valence-corrected chi connectivity index (χ4v) is 5.22. The number of hydrogen-bond donors (Lipinski definition) is 2. The summed E-state index contributed by atoms with van der Waals surface area (Å²) in [7, 11) is -2.41. The van der Waals surface area contributed by atoms with Gasteiger partial charge in [-0.3, -0.25) is 0 Å². The maximum absolute atomic E-state index is 5.84. The molecule has 0 aromatic heterocycles. The molecule has 0 N–H and O–H groups in total. The summed E-state index contributed by atoms with van der Waals surface area (Å²) in [6, 6.07) is 0.930. The molecule has 0 rings (SSSR count). The molecule has 0 saturated heterocycles. The van der Waals surface area contributed by atoms with Crippen LogP contribution in [0.3, 0.4) is 0 Å². The first-order valence-electron chi connectivity index (χ1n) is 7.84. The molecular formula is C14H32O3S2Si. The molecule has 0 bridgehead atoms. The molecule has 0 heterocycles. The first-order chi connectivity index (χ1) is 9.64. The molecule has 20 heavy (non-hydrogen) atoms. The third-order valence-electron chi connectivity index (χ3n) is 3.07. The lowest BCUT2D eigenvalue weighted by atomic mass is 10.1. The second-order valence-corrected chi connectivity index (χ2v) is 8.60. The van der Waals surface area contributed by atoms with Crippen molar-refractivity contribution in [2.75, 3.05) is 25.6 Å². The van der Waals surface area contributed by atoms with E-state index in [2.05, 4.69) is 25.3 Å². The number of unbranched alkanes of at least 4 members (excludes halogenated alkanes) is 3. The van der Waals surface area contributed by atoms with Crippen molar-refractivity contribution >= 4 is 34.1 Å². The van der Waals surface area contributed by atoms with E-state index in [1.54, 1.807) is 0 Å². The smallest absolute Gasteiger partial charge is 0.374 e. The Kier molecular flexibility index (Phi) is 14.0. The predicted octanol–water partition coefficient (Wildman–Crippen LogP) is 4.21. The Hall–Kier alpha value is 0.797. The highest BCUT2D eigenvalue weighted by atomic mass is 32.1. The van der Waals surface area contributed by atoms with Crippen molar-refractivity contribution < 1.29 is 13.3 Å². The van der Waals surface area contributed by atoms with Crippen molar-refractivity contribution in [2.45, 2.75) is 64.2 Å². The van der Waals surface area contributed by atoms with Crippen LogP contribution in [0.15, 0.2) is 0 Å². The fraction of sp³-hybridized carbons (Fsp3) is 1.00. The SMILES string of the molecule is CCO[Si](CCCCCCC(S)CS)(OCC)OCC. The molecular weight excluding hydrogens is 308 g/mol. The summed E-state index contributed by atoms with van der Waals surface area (Å²) < 4.78 is 17.5. The van der Waals surface area contributed by atoms with Crippen LogP contribution < -0.4 is 0 Å². The minimum atomic E-state index is -2.41. The Morgan fingerprint density at radius 1 is 0.850 bits per heavy atom. The average Bonchev–Trinajstić information content (AvgIpc) is 2.43. The van der Waals surface area contributed by atoms with Crippen molar-refractivity contribution in [1.29, 1.82) is 0 Å². The lowest BCUT2D eigenvalue weighted by Gasteiger charge is -2.28. The van der Waals surface area contributed by atoms with Crippen LogP contribution >= 0.6 is 25.3 Å². The minimum absolute atomic E-state index is 0.432. The maximum Gasteiger partial charge on any atom is 0.500 e. The Bertz CT molecular complexity index is 204. The summed E-state index contributed by atoms with van der Waals surface area (Å²) in [4.78, 5) is 0. The van der Waals surface area contributed by atoms with E-state index in [4.69, 9.17) is 13.3 Å². The first-order valence-corrected chi connectivity index (χ1v) is 10.9. The molecule has 6 heteroatoms. The molecule has 1 unspecified atom stereocenters. The predicted molar refractivity (Wildman–Crippen MR) is 95.2 cm³/mol. The average molecular weight is 341 g/mol. The molecule has 3 nitrogen and oxygen atoms in total. The van der Waals surface area contributed by atoms with Gasteiger partial charge in [-0.15, -0.1) is 0 Å². The molecule has 1 atom stereocenters. The van der Waals surface area contributed by atoms with Gasteiger partial charge >= 0.3 is 8.80 Å². The molecule has 0 aliphatic heterocycles. The Morgan fingerprint density at radius 3 is 1.80 bits per heavy atom. The Morgan fingerprint density at radius 2 is 1.35 bits per heavy atom. The highest BCUT2D eigenvalue weighted by Crippen LogP contribution is 2.21. The zero-order valence-corrected chi connectivity index (χ0v) is 16.1. The summed E-state index contributed by atoms with van der Waals surface area (Å²) >= 11 is 8.70. The van der Waals surface area contributed by atoms with Crippen LogP contribution in [0.1, 0.15) is 52.9 Å². The Labute approximate surface area is 137 Å². The van der Waals surface area contributed by atoms with Gasteiger partial charge in [0.05, 0.1) is 0 Å². The van der Waals surface area contributed by atoms with Gasteiger partial charge in [0.25, 0.3) is 0 Å². The third kappa shape index (κ3) is 9.68. The molecule has 0 fully saturated rings. The molecule has 0 aliphatic carbocycles. The van der Waals surface area contributed by atoms with Gasteiger partial charge in [0, 0.05) is 36.9 Å². The molecule has 0 aromatic rings. The van der Waals surface area contributed by atoms with Gasteiger partial charge in [-0.05, 0) is 33.6 Å². The summed E-state index contributed by atoms with van der Waals surface area (Å²) in [5.74, 6) is 0.859. The normalized spacial score (nSPS) is 13.7. The van der Waals surface area contributed by atoms with E-state index < -0.39 is 8.80 Å². The molecule has 0 radical (unpaired) electrons. The van der Waals surface area contributed by atoms with Crippen LogP contribution in [-0.4, -0.2) is 39.6 Å². The van der Waals surface area contributed by atoms with Crippen molar-refractivity contribution in [3.8, 4) is 0 Å². The summed E-state index contributed by atoms with van der Waals surface area (Å²) in [5.41, 5.74) is 0. The summed E-state index contributed by atoms with van der Waals surface area (Å²) in [6.45, 7) is 8.00. The van der Waals surface area contributed by atoms with Crippen LogP contribution in [0, 0.1) is 0 Å². The van der Waals surface area contributed by atoms with E-state index in [0.29, 0.717) is 25.1 Å². The minimum Gasteiger partial charge on any atom is -0.374 e. The van der Waals surface area contributed by atoms with Crippen molar-refractivity contribution in [1.82, 2.24) is 0 Å². The van der Waals surface area contributed by atoms with Gasteiger partial charge in [-0.1, -0.05) is 19.3 Å². The second-order valence-electron chi connectivity index (χ2n) is 4.77. The van der Waals surface area contributed by atoms with Gasteiger partial charge in [0.1, 0.15) is 0 Å². The summed E-state index contributed by atoms with van der Waals surface area (Å²) in [5, 5.41) is 0.432. The molecule has 122 valence electrons.